The molecule has 0 radical (unpaired) electrons. The van der Waals surface area contributed by atoms with E-state index < -0.39 is 6.10 Å². The van der Waals surface area contributed by atoms with Crippen molar-refractivity contribution in [3.63, 3.8) is 0 Å². The van der Waals surface area contributed by atoms with Crippen molar-refractivity contribution in [3.8, 4) is 23.3 Å². The highest BCUT2D eigenvalue weighted by Gasteiger charge is 2.19. The van der Waals surface area contributed by atoms with Crippen molar-refractivity contribution in [1.29, 1.82) is 5.26 Å². The molecule has 0 aliphatic rings. The molecule has 6 nitrogen and oxygen atoms in total. The van der Waals surface area contributed by atoms with E-state index in [0.29, 0.717) is 33.5 Å². The topological polar surface area (TPSA) is 80.6 Å². The van der Waals surface area contributed by atoms with E-state index in [1.807, 2.05) is 6.07 Å². The largest absolute Gasteiger partial charge is 0.495 e. The number of ether oxygens (including phenoxy) is 3. The molecule has 1 amide bonds. The highest BCUT2D eigenvalue weighted by Crippen LogP contribution is 2.30. The normalized spacial score (nSPS) is 11.2. The second kappa shape index (κ2) is 8.27. The van der Waals surface area contributed by atoms with Gasteiger partial charge in [0.2, 0.25) is 0 Å². The van der Waals surface area contributed by atoms with Crippen molar-refractivity contribution in [2.24, 2.45) is 0 Å². The number of rotatable bonds is 6. The van der Waals surface area contributed by atoms with Gasteiger partial charge in [0.05, 0.1) is 31.5 Å². The first kappa shape index (κ1) is 18.4. The number of hydrogen-bond acceptors (Lipinski definition) is 5. The lowest BCUT2D eigenvalue weighted by Crippen LogP contribution is -2.30. The summed E-state index contributed by atoms with van der Waals surface area (Å²) in [7, 11) is 2.96. The molecule has 0 heterocycles. The van der Waals surface area contributed by atoms with Crippen LogP contribution < -0.4 is 19.5 Å². The van der Waals surface area contributed by atoms with Crippen molar-refractivity contribution >= 4 is 23.2 Å². The van der Waals surface area contributed by atoms with Crippen LogP contribution in [0.3, 0.4) is 0 Å². The lowest BCUT2D eigenvalue weighted by molar-refractivity contribution is -0.122. The second-order valence-electron chi connectivity index (χ2n) is 5.07. The maximum atomic E-state index is 12.4. The summed E-state index contributed by atoms with van der Waals surface area (Å²) in [4.78, 5) is 12.4. The van der Waals surface area contributed by atoms with Gasteiger partial charge in [-0.25, -0.2) is 0 Å². The second-order valence-corrected chi connectivity index (χ2v) is 5.51. The van der Waals surface area contributed by atoms with E-state index in [9.17, 15) is 4.79 Å². The van der Waals surface area contributed by atoms with Gasteiger partial charge in [-0.15, -0.1) is 0 Å². The Morgan fingerprint density at radius 3 is 2.44 bits per heavy atom. The molecule has 1 N–H and O–H groups in total. The number of amides is 1. The smallest absolute Gasteiger partial charge is 0.265 e. The Morgan fingerprint density at radius 2 is 1.80 bits per heavy atom. The zero-order chi connectivity index (χ0) is 18.4. The first-order valence-corrected chi connectivity index (χ1v) is 7.75. The Labute approximate surface area is 150 Å². The van der Waals surface area contributed by atoms with Crippen LogP contribution in [0.4, 0.5) is 5.69 Å². The van der Waals surface area contributed by atoms with Crippen LogP contribution >= 0.6 is 11.6 Å². The highest BCUT2D eigenvalue weighted by atomic mass is 35.5. The fraction of sp³-hybridized carbons (Fsp3) is 0.222. The lowest BCUT2D eigenvalue weighted by Gasteiger charge is -2.18. The van der Waals surface area contributed by atoms with Gasteiger partial charge >= 0.3 is 0 Å². The number of anilines is 1. The van der Waals surface area contributed by atoms with E-state index in [2.05, 4.69) is 5.32 Å². The molecule has 2 rings (SSSR count). The van der Waals surface area contributed by atoms with E-state index in [1.54, 1.807) is 43.3 Å². The van der Waals surface area contributed by atoms with Crippen molar-refractivity contribution in [3.05, 3.63) is 47.0 Å². The summed E-state index contributed by atoms with van der Waals surface area (Å²) in [6.07, 6.45) is -0.814. The molecule has 0 unspecified atom stereocenters. The van der Waals surface area contributed by atoms with Crippen molar-refractivity contribution in [2.75, 3.05) is 19.5 Å². The van der Waals surface area contributed by atoms with E-state index in [4.69, 9.17) is 31.1 Å². The van der Waals surface area contributed by atoms with Crippen LogP contribution in [0.1, 0.15) is 12.5 Å². The van der Waals surface area contributed by atoms with Gasteiger partial charge in [0.15, 0.2) is 17.6 Å². The van der Waals surface area contributed by atoms with Gasteiger partial charge in [-0.05, 0) is 37.3 Å². The summed E-state index contributed by atoms with van der Waals surface area (Å²) in [6, 6.07) is 11.6. The summed E-state index contributed by atoms with van der Waals surface area (Å²) in [5.74, 6) is 0.842. The molecule has 7 heteroatoms. The van der Waals surface area contributed by atoms with Gasteiger partial charge in [-0.1, -0.05) is 11.6 Å². The molecular formula is C18H17ClN2O4. The van der Waals surface area contributed by atoms with Gasteiger partial charge in [0.25, 0.3) is 5.91 Å². The van der Waals surface area contributed by atoms with Crippen LogP contribution in [0.25, 0.3) is 0 Å². The molecule has 0 aliphatic carbocycles. The van der Waals surface area contributed by atoms with E-state index in [-0.39, 0.29) is 5.91 Å². The molecule has 0 aromatic heterocycles. The number of nitriles is 1. The molecule has 0 spiro atoms. The van der Waals surface area contributed by atoms with Gasteiger partial charge in [0, 0.05) is 11.1 Å². The third-order valence-corrected chi connectivity index (χ3v) is 3.62. The first-order valence-electron chi connectivity index (χ1n) is 7.37. The quantitative estimate of drug-likeness (QED) is 0.850. The summed E-state index contributed by atoms with van der Waals surface area (Å²) in [6.45, 7) is 1.60. The third-order valence-electron chi connectivity index (χ3n) is 3.39. The van der Waals surface area contributed by atoms with Crippen LogP contribution in [-0.2, 0) is 4.79 Å². The molecule has 0 saturated carbocycles. The number of benzene rings is 2. The van der Waals surface area contributed by atoms with Gasteiger partial charge < -0.3 is 19.5 Å². The number of carbonyl (C=O) groups is 1. The van der Waals surface area contributed by atoms with Crippen LogP contribution in [0.2, 0.25) is 5.02 Å². The maximum absolute atomic E-state index is 12.4. The van der Waals surface area contributed by atoms with Gasteiger partial charge in [0.1, 0.15) is 5.75 Å². The zero-order valence-corrected chi connectivity index (χ0v) is 14.8. The molecule has 2 aromatic rings. The van der Waals surface area contributed by atoms with Gasteiger partial charge in [-0.3, -0.25) is 4.79 Å². The average Bonchev–Trinajstić information content (AvgIpc) is 2.62. The SMILES string of the molecule is COc1ccc(Cl)cc1NC(=O)[C@H](C)Oc1ccc(C#N)cc1OC. The number of hydrogen-bond donors (Lipinski definition) is 1. The van der Waals surface area contributed by atoms with Crippen LogP contribution in [0.15, 0.2) is 36.4 Å². The molecule has 0 aliphatic heterocycles. The Hall–Kier alpha value is -2.91. The van der Waals surface area contributed by atoms with Crippen LogP contribution in [0, 0.1) is 11.3 Å². The number of carbonyl (C=O) groups excluding carboxylic acids is 1. The zero-order valence-electron chi connectivity index (χ0n) is 14.0. The predicted molar refractivity (Wildman–Crippen MR) is 94.4 cm³/mol. The van der Waals surface area contributed by atoms with E-state index in [1.165, 1.54) is 14.2 Å². The maximum Gasteiger partial charge on any atom is 0.265 e. The molecule has 0 bridgehead atoms. The highest BCUT2D eigenvalue weighted by molar-refractivity contribution is 6.31. The number of nitrogens with zero attached hydrogens (tertiary/aromatic N) is 1. The van der Waals surface area contributed by atoms with Crippen molar-refractivity contribution in [2.45, 2.75) is 13.0 Å². The summed E-state index contributed by atoms with van der Waals surface area (Å²) < 4.78 is 16.0. The van der Waals surface area contributed by atoms with Crippen LogP contribution in [0.5, 0.6) is 17.2 Å². The first-order chi connectivity index (χ1) is 12.0. The molecule has 0 saturated heterocycles. The lowest BCUT2D eigenvalue weighted by atomic mass is 10.2. The Bertz CT molecular complexity index is 817. The Morgan fingerprint density at radius 1 is 1.12 bits per heavy atom. The van der Waals surface area contributed by atoms with Crippen molar-refractivity contribution < 1.29 is 19.0 Å². The number of methoxy groups -OCH3 is 2. The monoisotopic (exact) mass is 360 g/mol. The number of nitrogens with one attached hydrogen (secondary N) is 1. The summed E-state index contributed by atoms with van der Waals surface area (Å²) >= 11 is 5.95. The molecule has 25 heavy (non-hydrogen) atoms. The summed E-state index contributed by atoms with van der Waals surface area (Å²) in [5.41, 5.74) is 0.882. The predicted octanol–water partition coefficient (Wildman–Crippen LogP) is 3.63. The van der Waals surface area contributed by atoms with E-state index >= 15 is 0 Å². The average molecular weight is 361 g/mol. The van der Waals surface area contributed by atoms with Gasteiger partial charge in [-0.2, -0.15) is 5.26 Å². The molecular weight excluding hydrogens is 344 g/mol. The molecule has 130 valence electrons. The Kier molecular flexibility index (Phi) is 6.09. The fourth-order valence-corrected chi connectivity index (χ4v) is 2.26. The minimum Gasteiger partial charge on any atom is -0.495 e. The minimum absolute atomic E-state index is 0.363. The van der Waals surface area contributed by atoms with Crippen LogP contribution in [-0.4, -0.2) is 26.2 Å². The van der Waals surface area contributed by atoms with E-state index in [0.717, 1.165) is 0 Å². The number of halogens is 1. The Balaban J connectivity index is 2.14. The third kappa shape index (κ3) is 4.55. The molecule has 2 aromatic carbocycles. The minimum atomic E-state index is -0.814. The fourth-order valence-electron chi connectivity index (χ4n) is 2.09. The van der Waals surface area contributed by atoms with Crippen molar-refractivity contribution in [1.82, 2.24) is 0 Å². The summed E-state index contributed by atoms with van der Waals surface area (Å²) in [5, 5.41) is 12.1. The molecule has 1 atom stereocenters. The standard InChI is InChI=1S/C18H17ClN2O4/c1-11(25-16-6-4-12(10-20)8-17(16)24-3)18(22)21-14-9-13(19)5-7-15(14)23-2/h4-9,11H,1-3H3,(H,21,22)/t11-/m0/s1. The molecule has 0 fully saturated rings.